The van der Waals surface area contributed by atoms with Crippen LogP contribution in [0.4, 0.5) is 13.2 Å². The maximum Gasteiger partial charge on any atom is 0.417 e. The van der Waals surface area contributed by atoms with Crippen LogP contribution in [-0.4, -0.2) is 44.5 Å². The fourth-order valence-corrected chi connectivity index (χ4v) is 6.45. The second-order valence-electron chi connectivity index (χ2n) is 9.88. The molecule has 0 unspecified atom stereocenters. The van der Waals surface area contributed by atoms with Gasteiger partial charge in [0, 0.05) is 55.6 Å². The van der Waals surface area contributed by atoms with E-state index in [1.54, 1.807) is 16.6 Å². The molecule has 1 amide bonds. The van der Waals surface area contributed by atoms with Crippen LogP contribution in [0, 0.1) is 5.92 Å². The minimum atomic E-state index is -4.44. The monoisotopic (exact) mass is 494 g/mol. The zero-order valence-electron chi connectivity index (χ0n) is 18.9. The number of amides is 1. The standard InChI is InChI=1S/C24H29F3N4O2S/c25-24(26,27)17-9-16-13-31(8-5-20(16)29-11-17)22(32)15-1-2-19(10-15)30-18-3-6-23(33,7-4-18)21-12-28-14-34-21/h9,11-12,14-15,18-19,30,33H,1-8,10,13H2/t15-,18?,19+,23?/m0/s1. The topological polar surface area (TPSA) is 78.3 Å². The molecule has 10 heteroatoms. The van der Waals surface area contributed by atoms with E-state index >= 15 is 0 Å². The Morgan fingerprint density at radius 2 is 1.97 bits per heavy atom. The third-order valence-corrected chi connectivity index (χ3v) is 8.60. The lowest BCUT2D eigenvalue weighted by Gasteiger charge is -2.36. The van der Waals surface area contributed by atoms with E-state index in [2.05, 4.69) is 15.3 Å². The molecule has 0 radical (unpaired) electrons. The van der Waals surface area contributed by atoms with Gasteiger partial charge in [0.15, 0.2) is 0 Å². The number of hydrogen-bond donors (Lipinski definition) is 2. The number of nitrogens with one attached hydrogen (secondary N) is 1. The SMILES string of the molecule is O=C([C@H]1CC[C@@H](NC2CCC(O)(c3cncs3)CC2)C1)N1CCc2ncc(C(F)(F)F)cc2C1. The van der Waals surface area contributed by atoms with Gasteiger partial charge in [0.25, 0.3) is 0 Å². The first-order chi connectivity index (χ1) is 16.2. The average molecular weight is 495 g/mol. The minimum absolute atomic E-state index is 0.0376. The number of nitrogens with zero attached hydrogens (tertiary/aromatic N) is 3. The molecule has 2 N–H and O–H groups in total. The third kappa shape index (κ3) is 4.85. The lowest BCUT2D eigenvalue weighted by molar-refractivity contribution is -0.137. The molecule has 2 fully saturated rings. The summed E-state index contributed by atoms with van der Waals surface area (Å²) in [5.74, 6) is -0.0638. The zero-order valence-corrected chi connectivity index (χ0v) is 19.7. The molecule has 2 saturated carbocycles. The molecular weight excluding hydrogens is 465 g/mol. The van der Waals surface area contributed by atoms with Gasteiger partial charge in [0.05, 0.1) is 16.0 Å². The highest BCUT2D eigenvalue weighted by Gasteiger charge is 2.39. The van der Waals surface area contributed by atoms with E-state index < -0.39 is 17.3 Å². The van der Waals surface area contributed by atoms with Crippen LogP contribution in [0.1, 0.15) is 66.6 Å². The van der Waals surface area contributed by atoms with Gasteiger partial charge < -0.3 is 15.3 Å². The largest absolute Gasteiger partial charge is 0.417 e. The first-order valence-electron chi connectivity index (χ1n) is 11.9. The van der Waals surface area contributed by atoms with Crippen LogP contribution in [0.25, 0.3) is 0 Å². The molecule has 2 atom stereocenters. The number of carbonyl (C=O) groups is 1. The molecule has 0 spiro atoms. The van der Waals surface area contributed by atoms with Crippen LogP contribution >= 0.6 is 11.3 Å². The summed E-state index contributed by atoms with van der Waals surface area (Å²) in [6, 6.07) is 1.71. The fourth-order valence-electron chi connectivity index (χ4n) is 5.67. The average Bonchev–Trinajstić information content (AvgIpc) is 3.52. The molecule has 2 aromatic rings. The summed E-state index contributed by atoms with van der Waals surface area (Å²) in [6.07, 6.45) is 4.28. The number of pyridine rings is 1. The molecule has 5 rings (SSSR count). The van der Waals surface area contributed by atoms with Gasteiger partial charge in [-0.2, -0.15) is 13.2 Å². The van der Waals surface area contributed by atoms with E-state index in [9.17, 15) is 23.1 Å². The van der Waals surface area contributed by atoms with Gasteiger partial charge in [-0.3, -0.25) is 14.8 Å². The van der Waals surface area contributed by atoms with Crippen LogP contribution in [0.15, 0.2) is 24.0 Å². The van der Waals surface area contributed by atoms with Crippen molar-refractivity contribution in [2.75, 3.05) is 6.54 Å². The number of hydrogen-bond acceptors (Lipinski definition) is 6. The van der Waals surface area contributed by atoms with E-state index in [1.165, 1.54) is 11.3 Å². The number of aromatic nitrogens is 2. The van der Waals surface area contributed by atoms with Crippen molar-refractivity contribution in [1.29, 1.82) is 0 Å². The number of fused-ring (bicyclic) bond motifs is 1. The second-order valence-corrected chi connectivity index (χ2v) is 10.8. The van der Waals surface area contributed by atoms with Crippen molar-refractivity contribution in [3.63, 3.8) is 0 Å². The Morgan fingerprint density at radius 1 is 1.18 bits per heavy atom. The summed E-state index contributed by atoms with van der Waals surface area (Å²) in [5.41, 5.74) is 1.36. The Labute approximate surface area is 200 Å². The molecule has 2 aromatic heterocycles. The van der Waals surface area contributed by atoms with E-state index in [1.807, 2.05) is 0 Å². The van der Waals surface area contributed by atoms with Gasteiger partial charge in [-0.05, 0) is 56.6 Å². The van der Waals surface area contributed by atoms with Crippen molar-refractivity contribution in [2.24, 2.45) is 5.92 Å². The molecule has 0 bridgehead atoms. The quantitative estimate of drug-likeness (QED) is 0.671. The molecule has 3 aliphatic rings. The number of rotatable bonds is 4. The van der Waals surface area contributed by atoms with Crippen molar-refractivity contribution >= 4 is 17.2 Å². The summed E-state index contributed by atoms with van der Waals surface area (Å²) in [6.45, 7) is 0.691. The lowest BCUT2D eigenvalue weighted by atomic mass is 9.81. The highest BCUT2D eigenvalue weighted by Crippen LogP contribution is 2.39. The predicted octanol–water partition coefficient (Wildman–Crippen LogP) is 4.03. The maximum atomic E-state index is 13.2. The third-order valence-electron chi connectivity index (χ3n) is 7.64. The maximum absolute atomic E-state index is 13.2. The Hall–Kier alpha value is -2.04. The lowest BCUT2D eigenvalue weighted by Crippen LogP contribution is -2.44. The summed E-state index contributed by atoms with van der Waals surface area (Å²) in [4.78, 5) is 23.9. The second kappa shape index (κ2) is 9.20. The number of halogens is 3. The van der Waals surface area contributed by atoms with Gasteiger partial charge >= 0.3 is 6.18 Å². The normalized spacial score (nSPS) is 29.8. The first-order valence-corrected chi connectivity index (χ1v) is 12.8. The Kier molecular flexibility index (Phi) is 6.41. The van der Waals surface area contributed by atoms with Gasteiger partial charge in [-0.25, -0.2) is 0 Å². The van der Waals surface area contributed by atoms with E-state index in [0.29, 0.717) is 43.1 Å². The first kappa shape index (κ1) is 23.7. The van der Waals surface area contributed by atoms with Gasteiger partial charge in [0.1, 0.15) is 5.60 Å². The van der Waals surface area contributed by atoms with Crippen LogP contribution in [0.3, 0.4) is 0 Å². The molecular formula is C24H29F3N4O2S. The minimum Gasteiger partial charge on any atom is -0.384 e. The number of alkyl halides is 3. The van der Waals surface area contributed by atoms with E-state index in [-0.39, 0.29) is 24.4 Å². The Balaban J connectivity index is 1.13. The summed E-state index contributed by atoms with van der Waals surface area (Å²) in [7, 11) is 0. The van der Waals surface area contributed by atoms with E-state index in [4.69, 9.17) is 0 Å². The molecule has 6 nitrogen and oxygen atoms in total. The highest BCUT2D eigenvalue weighted by atomic mass is 32.1. The fraction of sp³-hybridized carbons (Fsp3) is 0.625. The van der Waals surface area contributed by atoms with Crippen molar-refractivity contribution in [2.45, 2.75) is 81.8 Å². The molecule has 0 saturated heterocycles. The smallest absolute Gasteiger partial charge is 0.384 e. The van der Waals surface area contributed by atoms with Crippen LogP contribution in [0.2, 0.25) is 0 Å². The number of carbonyl (C=O) groups excluding carboxylic acids is 1. The van der Waals surface area contributed by atoms with Crippen LogP contribution < -0.4 is 5.32 Å². The predicted molar refractivity (Wildman–Crippen MR) is 121 cm³/mol. The summed E-state index contributed by atoms with van der Waals surface area (Å²) in [5, 5.41) is 14.6. The molecule has 2 aliphatic carbocycles. The van der Waals surface area contributed by atoms with Gasteiger partial charge in [0.2, 0.25) is 5.91 Å². The van der Waals surface area contributed by atoms with Crippen molar-refractivity contribution < 1.29 is 23.1 Å². The molecule has 184 valence electrons. The molecule has 0 aromatic carbocycles. The van der Waals surface area contributed by atoms with E-state index in [0.717, 1.165) is 49.2 Å². The zero-order chi connectivity index (χ0) is 23.9. The molecule has 1 aliphatic heterocycles. The number of thiazole rings is 1. The van der Waals surface area contributed by atoms with Crippen molar-refractivity contribution in [1.82, 2.24) is 20.2 Å². The highest BCUT2D eigenvalue weighted by molar-refractivity contribution is 7.09. The Morgan fingerprint density at radius 3 is 2.68 bits per heavy atom. The van der Waals surface area contributed by atoms with Crippen molar-refractivity contribution in [3.05, 3.63) is 45.7 Å². The van der Waals surface area contributed by atoms with Gasteiger partial charge in [-0.1, -0.05) is 0 Å². The van der Waals surface area contributed by atoms with Crippen LogP contribution in [-0.2, 0) is 29.5 Å². The summed E-state index contributed by atoms with van der Waals surface area (Å²) >= 11 is 1.49. The van der Waals surface area contributed by atoms with Crippen molar-refractivity contribution in [3.8, 4) is 0 Å². The summed E-state index contributed by atoms with van der Waals surface area (Å²) < 4.78 is 39.2. The van der Waals surface area contributed by atoms with Gasteiger partial charge in [-0.15, -0.1) is 11.3 Å². The van der Waals surface area contributed by atoms with Crippen LogP contribution in [0.5, 0.6) is 0 Å². The molecule has 3 heterocycles. The Bertz CT molecular complexity index is 1020. The molecule has 34 heavy (non-hydrogen) atoms. The number of aliphatic hydroxyl groups is 1.